The van der Waals surface area contributed by atoms with Crippen LogP contribution in [0.15, 0.2) is 48.5 Å². The lowest BCUT2D eigenvalue weighted by Gasteiger charge is -2.20. The van der Waals surface area contributed by atoms with Crippen molar-refractivity contribution in [3.8, 4) is 11.1 Å². The van der Waals surface area contributed by atoms with E-state index in [2.05, 4.69) is 65.7 Å². The molecule has 30 heavy (non-hydrogen) atoms. The predicted octanol–water partition coefficient (Wildman–Crippen LogP) is 3.90. The number of rotatable bonds is 10. The van der Waals surface area contributed by atoms with Crippen LogP contribution in [-0.4, -0.2) is 47.6 Å². The largest absolute Gasteiger partial charge is 0.481 e. The summed E-state index contributed by atoms with van der Waals surface area (Å²) >= 11 is 0. The van der Waals surface area contributed by atoms with Gasteiger partial charge in [-0.2, -0.15) is 0 Å². The molecule has 2 N–H and O–H groups in total. The van der Waals surface area contributed by atoms with Crippen LogP contribution in [0.25, 0.3) is 11.1 Å². The third kappa shape index (κ3) is 6.70. The SMILES string of the molecule is CC1CCCN1CCc1ccc(-c2ccc(CCC(=O)NCCC(=O)O)cc2)cc1. The fraction of sp³-hybridized carbons (Fsp3) is 0.440. The summed E-state index contributed by atoms with van der Waals surface area (Å²) in [5.74, 6) is -1.01. The molecule has 2 aromatic carbocycles. The summed E-state index contributed by atoms with van der Waals surface area (Å²) in [6, 6.07) is 17.9. The molecule has 0 radical (unpaired) electrons. The lowest BCUT2D eigenvalue weighted by atomic mass is 10.0. The molecule has 0 saturated carbocycles. The Hall–Kier alpha value is -2.66. The van der Waals surface area contributed by atoms with E-state index < -0.39 is 5.97 Å². The number of nitrogens with one attached hydrogen (secondary N) is 1. The van der Waals surface area contributed by atoms with E-state index in [4.69, 9.17) is 5.11 Å². The minimum Gasteiger partial charge on any atom is -0.481 e. The molecule has 5 nitrogen and oxygen atoms in total. The van der Waals surface area contributed by atoms with Crippen molar-refractivity contribution in [1.29, 1.82) is 0 Å². The Kier molecular flexibility index (Phi) is 8.03. The van der Waals surface area contributed by atoms with E-state index in [1.54, 1.807) is 0 Å². The lowest BCUT2D eigenvalue weighted by molar-refractivity contribution is -0.136. The normalized spacial score (nSPS) is 16.5. The first kappa shape index (κ1) is 22.0. The smallest absolute Gasteiger partial charge is 0.305 e. The lowest BCUT2D eigenvalue weighted by Crippen LogP contribution is -2.28. The predicted molar refractivity (Wildman–Crippen MR) is 119 cm³/mol. The van der Waals surface area contributed by atoms with Gasteiger partial charge in [-0.1, -0.05) is 48.5 Å². The van der Waals surface area contributed by atoms with Crippen LogP contribution in [0.4, 0.5) is 0 Å². The highest BCUT2D eigenvalue weighted by molar-refractivity contribution is 5.77. The number of hydrogen-bond donors (Lipinski definition) is 2. The highest BCUT2D eigenvalue weighted by Crippen LogP contribution is 2.22. The average molecular weight is 409 g/mol. The number of benzene rings is 2. The Morgan fingerprint density at radius 3 is 2.10 bits per heavy atom. The molecule has 1 atom stereocenters. The average Bonchev–Trinajstić information content (AvgIpc) is 3.16. The summed E-state index contributed by atoms with van der Waals surface area (Å²) in [5.41, 5.74) is 4.85. The van der Waals surface area contributed by atoms with Gasteiger partial charge < -0.3 is 15.3 Å². The van der Waals surface area contributed by atoms with Crippen molar-refractivity contribution in [2.45, 2.75) is 51.5 Å². The van der Waals surface area contributed by atoms with Crippen molar-refractivity contribution in [3.05, 3.63) is 59.7 Å². The van der Waals surface area contributed by atoms with E-state index in [-0.39, 0.29) is 18.9 Å². The van der Waals surface area contributed by atoms with Crippen molar-refractivity contribution in [2.24, 2.45) is 0 Å². The Bertz CT molecular complexity index is 830. The quantitative estimate of drug-likeness (QED) is 0.625. The molecular formula is C25H32N2O3. The fourth-order valence-corrected chi connectivity index (χ4v) is 3.98. The molecule has 1 fully saturated rings. The third-order valence-electron chi connectivity index (χ3n) is 5.92. The number of carbonyl (C=O) groups excluding carboxylic acids is 1. The molecule has 1 amide bonds. The highest BCUT2D eigenvalue weighted by atomic mass is 16.4. The summed E-state index contributed by atoms with van der Waals surface area (Å²) in [6.07, 6.45) is 4.71. The molecule has 1 aliphatic rings. The second-order valence-electron chi connectivity index (χ2n) is 8.16. The van der Waals surface area contributed by atoms with E-state index in [0.717, 1.165) is 24.6 Å². The van der Waals surface area contributed by atoms with Crippen LogP contribution in [0.1, 0.15) is 43.7 Å². The molecule has 0 spiro atoms. The topological polar surface area (TPSA) is 69.6 Å². The van der Waals surface area contributed by atoms with Gasteiger partial charge in [-0.3, -0.25) is 9.59 Å². The second kappa shape index (κ2) is 10.9. The Morgan fingerprint density at radius 2 is 1.57 bits per heavy atom. The van der Waals surface area contributed by atoms with Gasteiger partial charge >= 0.3 is 5.97 Å². The van der Waals surface area contributed by atoms with E-state index in [1.165, 1.54) is 36.1 Å². The molecule has 1 aliphatic heterocycles. The summed E-state index contributed by atoms with van der Waals surface area (Å²) in [4.78, 5) is 24.8. The minimum atomic E-state index is -0.903. The zero-order valence-corrected chi connectivity index (χ0v) is 17.8. The zero-order valence-electron chi connectivity index (χ0n) is 17.8. The van der Waals surface area contributed by atoms with Gasteiger partial charge in [-0.05, 0) is 61.4 Å². The van der Waals surface area contributed by atoms with E-state index >= 15 is 0 Å². The highest BCUT2D eigenvalue weighted by Gasteiger charge is 2.19. The van der Waals surface area contributed by atoms with E-state index in [0.29, 0.717) is 12.8 Å². The Balaban J connectivity index is 1.46. The summed E-state index contributed by atoms with van der Waals surface area (Å²) in [7, 11) is 0. The first-order valence-electron chi connectivity index (χ1n) is 10.9. The van der Waals surface area contributed by atoms with Crippen LogP contribution in [-0.2, 0) is 22.4 Å². The maximum absolute atomic E-state index is 11.8. The number of aryl methyl sites for hydroxylation is 1. The summed E-state index contributed by atoms with van der Waals surface area (Å²) < 4.78 is 0. The van der Waals surface area contributed by atoms with Gasteiger partial charge in [-0.15, -0.1) is 0 Å². The summed E-state index contributed by atoms with van der Waals surface area (Å²) in [5, 5.41) is 11.2. The maximum Gasteiger partial charge on any atom is 0.305 e. The van der Waals surface area contributed by atoms with Crippen molar-refractivity contribution >= 4 is 11.9 Å². The van der Waals surface area contributed by atoms with Gasteiger partial charge in [-0.25, -0.2) is 0 Å². The molecule has 1 saturated heterocycles. The van der Waals surface area contributed by atoms with Crippen LogP contribution >= 0.6 is 0 Å². The van der Waals surface area contributed by atoms with Gasteiger partial charge in [0.05, 0.1) is 6.42 Å². The van der Waals surface area contributed by atoms with Crippen LogP contribution in [0.5, 0.6) is 0 Å². The number of amides is 1. The Labute approximate surface area is 179 Å². The van der Waals surface area contributed by atoms with Crippen LogP contribution in [0.3, 0.4) is 0 Å². The number of aliphatic carboxylic acids is 1. The van der Waals surface area contributed by atoms with Gasteiger partial charge in [0.25, 0.3) is 0 Å². The first-order chi connectivity index (χ1) is 14.5. The maximum atomic E-state index is 11.8. The van der Waals surface area contributed by atoms with Crippen LogP contribution in [0, 0.1) is 0 Å². The number of likely N-dealkylation sites (tertiary alicyclic amines) is 1. The summed E-state index contributed by atoms with van der Waals surface area (Å²) in [6.45, 7) is 4.88. The molecule has 3 rings (SSSR count). The molecule has 0 bridgehead atoms. The molecule has 0 aliphatic carbocycles. The monoisotopic (exact) mass is 408 g/mol. The minimum absolute atomic E-state index is 0.0450. The fourth-order valence-electron chi connectivity index (χ4n) is 3.98. The van der Waals surface area contributed by atoms with E-state index in [1.807, 2.05) is 0 Å². The molecule has 160 valence electrons. The zero-order chi connectivity index (χ0) is 21.3. The third-order valence-corrected chi connectivity index (χ3v) is 5.92. The van der Waals surface area contributed by atoms with Crippen molar-refractivity contribution in [2.75, 3.05) is 19.6 Å². The standard InChI is InChI=1S/C25H32N2O3/c1-19-3-2-17-27(19)18-15-21-6-11-23(12-7-21)22-9-4-20(5-10-22)8-13-24(28)26-16-14-25(29)30/h4-7,9-12,19H,2-3,8,13-18H2,1H3,(H,26,28)(H,29,30). The molecule has 1 heterocycles. The number of nitrogens with zero attached hydrogens (tertiary/aromatic N) is 1. The molecule has 5 heteroatoms. The molecular weight excluding hydrogens is 376 g/mol. The van der Waals surface area contributed by atoms with Gasteiger partial charge in [0.1, 0.15) is 0 Å². The van der Waals surface area contributed by atoms with Crippen molar-refractivity contribution in [3.63, 3.8) is 0 Å². The second-order valence-corrected chi connectivity index (χ2v) is 8.16. The van der Waals surface area contributed by atoms with Crippen LogP contribution < -0.4 is 5.32 Å². The van der Waals surface area contributed by atoms with Crippen LogP contribution in [0.2, 0.25) is 0 Å². The molecule has 2 aromatic rings. The number of carboxylic acids is 1. The molecule has 0 aromatic heterocycles. The number of carbonyl (C=O) groups is 2. The number of carboxylic acid groups (broad SMARTS) is 1. The Morgan fingerprint density at radius 1 is 0.967 bits per heavy atom. The van der Waals surface area contributed by atoms with Crippen molar-refractivity contribution < 1.29 is 14.7 Å². The first-order valence-corrected chi connectivity index (χ1v) is 10.9. The number of hydrogen-bond acceptors (Lipinski definition) is 3. The van der Waals surface area contributed by atoms with Gasteiger partial charge in [0, 0.05) is 25.6 Å². The van der Waals surface area contributed by atoms with Crippen molar-refractivity contribution in [1.82, 2.24) is 10.2 Å². The molecule has 1 unspecified atom stereocenters. The van der Waals surface area contributed by atoms with Gasteiger partial charge in [0.15, 0.2) is 0 Å². The van der Waals surface area contributed by atoms with Gasteiger partial charge in [0.2, 0.25) is 5.91 Å². The van der Waals surface area contributed by atoms with E-state index in [9.17, 15) is 9.59 Å².